The number of rotatable bonds is 1. The van der Waals surface area contributed by atoms with Gasteiger partial charge >= 0.3 is 0 Å². The third-order valence-electron chi connectivity index (χ3n) is 1.69. The fourth-order valence-corrected chi connectivity index (χ4v) is 1.15. The molecule has 12 heavy (non-hydrogen) atoms. The third-order valence-corrected chi connectivity index (χ3v) is 1.69. The second kappa shape index (κ2) is 2.79. The van der Waals surface area contributed by atoms with E-state index in [1.807, 2.05) is 18.2 Å². The molecule has 0 atom stereocenters. The van der Waals surface area contributed by atoms with Crippen LogP contribution in [0.4, 0.5) is 0 Å². The third kappa shape index (κ3) is 1.00. The van der Waals surface area contributed by atoms with Gasteiger partial charge in [0, 0.05) is 11.6 Å². The van der Waals surface area contributed by atoms with Gasteiger partial charge in [-0.3, -0.25) is 4.98 Å². The number of benzene rings is 1. The summed E-state index contributed by atoms with van der Waals surface area (Å²) in [7, 11) is 0. The topological polar surface area (TPSA) is 42.4 Å². The molecule has 2 rings (SSSR count). The van der Waals surface area contributed by atoms with E-state index < -0.39 is 0 Å². The van der Waals surface area contributed by atoms with Crippen LogP contribution in [0, 0.1) is 0 Å². The second-order valence-electron chi connectivity index (χ2n) is 2.42. The molecule has 2 aromatic rings. The monoisotopic (exact) mass is 161 g/mol. The molecule has 0 unspecified atom stereocenters. The van der Waals surface area contributed by atoms with Gasteiger partial charge in [0.05, 0.1) is 0 Å². The number of para-hydroxylation sites is 1. The lowest BCUT2D eigenvalue weighted by molar-refractivity contribution is -0.136. The Morgan fingerprint density at radius 1 is 1.17 bits per heavy atom. The first-order valence-corrected chi connectivity index (χ1v) is 3.57. The molecule has 3 heteroatoms. The van der Waals surface area contributed by atoms with Crippen molar-refractivity contribution in [2.75, 3.05) is 0 Å². The second-order valence-corrected chi connectivity index (χ2v) is 2.42. The summed E-state index contributed by atoms with van der Waals surface area (Å²) in [6.45, 7) is 0. The lowest BCUT2D eigenvalue weighted by Gasteiger charge is -1.99. The van der Waals surface area contributed by atoms with Crippen molar-refractivity contribution >= 4 is 10.9 Å². The van der Waals surface area contributed by atoms with Crippen LogP contribution in [0.1, 0.15) is 0 Å². The average Bonchev–Trinajstić information content (AvgIpc) is 2.17. The van der Waals surface area contributed by atoms with E-state index in [2.05, 4.69) is 9.87 Å². The van der Waals surface area contributed by atoms with Crippen molar-refractivity contribution in [1.82, 2.24) is 4.98 Å². The van der Waals surface area contributed by atoms with E-state index in [0.29, 0.717) is 11.3 Å². The van der Waals surface area contributed by atoms with Gasteiger partial charge in [-0.1, -0.05) is 18.2 Å². The number of aromatic nitrogens is 1. The lowest BCUT2D eigenvalue weighted by atomic mass is 10.2. The van der Waals surface area contributed by atoms with Crippen molar-refractivity contribution in [3.8, 4) is 5.75 Å². The zero-order valence-corrected chi connectivity index (χ0v) is 6.27. The first-order valence-electron chi connectivity index (χ1n) is 3.57. The van der Waals surface area contributed by atoms with E-state index in [-0.39, 0.29) is 0 Å². The van der Waals surface area contributed by atoms with Crippen molar-refractivity contribution in [3.05, 3.63) is 36.5 Å². The van der Waals surface area contributed by atoms with Crippen LogP contribution in [0.15, 0.2) is 36.5 Å². The van der Waals surface area contributed by atoms with Gasteiger partial charge < -0.3 is 4.89 Å². The van der Waals surface area contributed by atoms with Crippen LogP contribution in [0.25, 0.3) is 10.9 Å². The maximum atomic E-state index is 8.50. The minimum Gasteiger partial charge on any atom is -0.338 e. The van der Waals surface area contributed by atoms with E-state index >= 15 is 0 Å². The number of hydrogen-bond acceptors (Lipinski definition) is 3. The molecule has 0 radical (unpaired) electrons. The molecule has 0 spiro atoms. The number of hydrogen-bond donors (Lipinski definition) is 1. The molecular formula is C9H7NO2. The zero-order chi connectivity index (χ0) is 8.39. The highest BCUT2D eigenvalue weighted by molar-refractivity contribution is 5.83. The summed E-state index contributed by atoms with van der Waals surface area (Å²) >= 11 is 0. The first-order chi connectivity index (χ1) is 5.92. The molecule has 0 saturated heterocycles. The fraction of sp³-hybridized carbons (Fsp3) is 0. The van der Waals surface area contributed by atoms with Gasteiger partial charge in [-0.2, -0.15) is 0 Å². The maximum absolute atomic E-state index is 8.50. The zero-order valence-electron chi connectivity index (χ0n) is 6.27. The van der Waals surface area contributed by atoms with E-state index in [1.165, 1.54) is 0 Å². The summed E-state index contributed by atoms with van der Waals surface area (Å²) in [5.74, 6) is 0.383. The Kier molecular flexibility index (Phi) is 1.64. The fourth-order valence-electron chi connectivity index (χ4n) is 1.15. The average molecular weight is 161 g/mol. The molecule has 0 bridgehead atoms. The van der Waals surface area contributed by atoms with Crippen LogP contribution in [0.5, 0.6) is 5.75 Å². The van der Waals surface area contributed by atoms with Crippen molar-refractivity contribution in [1.29, 1.82) is 0 Å². The van der Waals surface area contributed by atoms with Crippen molar-refractivity contribution in [2.24, 2.45) is 0 Å². The van der Waals surface area contributed by atoms with Gasteiger partial charge in [0.15, 0.2) is 5.75 Å². The molecule has 0 saturated carbocycles. The molecule has 0 aliphatic heterocycles. The van der Waals surface area contributed by atoms with E-state index in [1.54, 1.807) is 18.3 Å². The highest BCUT2D eigenvalue weighted by Gasteiger charge is 2.00. The summed E-state index contributed by atoms with van der Waals surface area (Å²) in [6, 6.07) is 9.12. The van der Waals surface area contributed by atoms with E-state index in [0.717, 1.165) is 5.39 Å². The minimum absolute atomic E-state index is 0.383. The highest BCUT2D eigenvalue weighted by Crippen LogP contribution is 2.21. The van der Waals surface area contributed by atoms with Crippen LogP contribution in [0.2, 0.25) is 0 Å². The van der Waals surface area contributed by atoms with Crippen LogP contribution in [0.3, 0.4) is 0 Å². The Bertz CT molecular complexity index is 395. The Morgan fingerprint density at radius 2 is 2.00 bits per heavy atom. The van der Waals surface area contributed by atoms with E-state index in [9.17, 15) is 0 Å². The number of pyridine rings is 1. The molecule has 0 aliphatic carbocycles. The van der Waals surface area contributed by atoms with Crippen molar-refractivity contribution < 1.29 is 10.1 Å². The van der Waals surface area contributed by atoms with Crippen LogP contribution in [-0.2, 0) is 0 Å². The summed E-state index contributed by atoms with van der Waals surface area (Å²) in [5, 5.41) is 9.44. The molecular weight excluding hydrogens is 154 g/mol. The SMILES string of the molecule is OOc1cccc2cccnc12. The molecule has 1 aromatic carbocycles. The lowest BCUT2D eigenvalue weighted by Crippen LogP contribution is -1.86. The van der Waals surface area contributed by atoms with Crippen LogP contribution in [-0.4, -0.2) is 10.2 Å². The molecule has 60 valence electrons. The standard InChI is InChI=1S/C9H7NO2/c11-12-8-5-1-3-7-4-2-6-10-9(7)8/h1-6,11H. The van der Waals surface area contributed by atoms with Gasteiger partial charge in [-0.15, -0.1) is 0 Å². The van der Waals surface area contributed by atoms with Crippen molar-refractivity contribution in [2.45, 2.75) is 0 Å². The van der Waals surface area contributed by atoms with Crippen molar-refractivity contribution in [3.63, 3.8) is 0 Å². The highest BCUT2D eigenvalue weighted by atomic mass is 17.1. The van der Waals surface area contributed by atoms with Gasteiger partial charge in [0.1, 0.15) is 5.52 Å². The quantitative estimate of drug-likeness (QED) is 0.514. The summed E-state index contributed by atoms with van der Waals surface area (Å²) in [6.07, 6.45) is 1.66. The molecule has 1 heterocycles. The smallest absolute Gasteiger partial charge is 0.191 e. The summed E-state index contributed by atoms with van der Waals surface area (Å²) in [4.78, 5) is 8.23. The van der Waals surface area contributed by atoms with Crippen LogP contribution < -0.4 is 4.89 Å². The Morgan fingerprint density at radius 3 is 2.83 bits per heavy atom. The summed E-state index contributed by atoms with van der Waals surface area (Å²) < 4.78 is 0. The normalized spacial score (nSPS) is 10.1. The molecule has 1 aromatic heterocycles. The molecule has 0 fully saturated rings. The van der Waals surface area contributed by atoms with Gasteiger partial charge in [0.2, 0.25) is 0 Å². The number of fused-ring (bicyclic) bond motifs is 1. The van der Waals surface area contributed by atoms with E-state index in [4.69, 9.17) is 5.26 Å². The van der Waals surface area contributed by atoms with Gasteiger partial charge in [-0.05, 0) is 12.1 Å². The summed E-state index contributed by atoms with van der Waals surface area (Å²) in [5.41, 5.74) is 0.669. The van der Waals surface area contributed by atoms with Crippen LogP contribution >= 0.6 is 0 Å². The molecule has 1 N–H and O–H groups in total. The predicted molar refractivity (Wildman–Crippen MR) is 45.0 cm³/mol. The van der Waals surface area contributed by atoms with Gasteiger partial charge in [-0.25, -0.2) is 5.26 Å². The molecule has 0 amide bonds. The Hall–Kier alpha value is -1.61. The minimum atomic E-state index is 0.383. The maximum Gasteiger partial charge on any atom is 0.191 e. The first kappa shape index (κ1) is 7.06. The molecule has 3 nitrogen and oxygen atoms in total. The Balaban J connectivity index is 2.79. The predicted octanol–water partition coefficient (Wildman–Crippen LogP) is 2.09. The Labute approximate surface area is 69.2 Å². The van der Waals surface area contributed by atoms with Gasteiger partial charge in [0.25, 0.3) is 0 Å². The number of nitrogens with zero attached hydrogens (tertiary/aromatic N) is 1. The molecule has 0 aliphatic rings. The largest absolute Gasteiger partial charge is 0.338 e.